The van der Waals surface area contributed by atoms with Gasteiger partial charge in [0.15, 0.2) is 0 Å². The molecule has 1 saturated heterocycles. The molecule has 0 bridgehead atoms. The second-order valence-corrected chi connectivity index (χ2v) is 5.92. The molecule has 0 aromatic heterocycles. The largest absolute Gasteiger partial charge is 0.325 e. The van der Waals surface area contributed by atoms with Gasteiger partial charge in [0, 0.05) is 11.7 Å². The highest BCUT2D eigenvalue weighted by Crippen LogP contribution is 2.45. The van der Waals surface area contributed by atoms with E-state index in [1.807, 2.05) is 24.3 Å². The number of benzene rings is 2. The van der Waals surface area contributed by atoms with Crippen LogP contribution in [0.2, 0.25) is 0 Å². The van der Waals surface area contributed by atoms with Crippen LogP contribution in [0.3, 0.4) is 0 Å². The van der Waals surface area contributed by atoms with Crippen molar-refractivity contribution in [3.63, 3.8) is 0 Å². The number of para-hydroxylation sites is 1. The second kappa shape index (κ2) is 4.71. The van der Waals surface area contributed by atoms with Crippen LogP contribution in [-0.4, -0.2) is 18.5 Å². The Morgan fingerprint density at radius 3 is 2.67 bits per heavy atom. The Kier molecular flexibility index (Phi) is 2.82. The normalized spacial score (nSPS) is 26.9. The van der Waals surface area contributed by atoms with Crippen molar-refractivity contribution in [1.82, 2.24) is 5.32 Å². The lowest BCUT2D eigenvalue weighted by molar-refractivity contribution is -0.121. The van der Waals surface area contributed by atoms with Gasteiger partial charge in [-0.2, -0.15) is 0 Å². The minimum absolute atomic E-state index is 0.148. The average Bonchev–Trinajstić information content (AvgIpc) is 3.05. The van der Waals surface area contributed by atoms with Gasteiger partial charge in [0.2, 0.25) is 5.91 Å². The first-order valence-corrected chi connectivity index (χ1v) is 7.49. The number of carbonyl (C=O) groups is 1. The van der Waals surface area contributed by atoms with Crippen LogP contribution in [0, 0.1) is 0 Å². The third kappa shape index (κ3) is 1.81. The minimum atomic E-state index is -0.410. The molecule has 0 radical (unpaired) electrons. The van der Waals surface area contributed by atoms with Crippen molar-refractivity contribution in [2.75, 3.05) is 11.9 Å². The molecule has 4 rings (SSSR count). The summed E-state index contributed by atoms with van der Waals surface area (Å²) in [5, 5.41) is 6.62. The van der Waals surface area contributed by atoms with E-state index in [1.54, 1.807) is 0 Å². The van der Waals surface area contributed by atoms with Gasteiger partial charge in [0.1, 0.15) is 0 Å². The molecule has 3 heteroatoms. The summed E-state index contributed by atoms with van der Waals surface area (Å²) in [6.07, 6.45) is 1.75. The number of amides is 1. The zero-order chi connectivity index (χ0) is 14.3. The molecular weight excluding hydrogens is 260 g/mol. The fraction of sp³-hybridized carbons (Fsp3) is 0.278. The highest BCUT2D eigenvalue weighted by molar-refractivity contribution is 6.07. The molecule has 0 aliphatic carbocycles. The van der Waals surface area contributed by atoms with Crippen molar-refractivity contribution in [2.45, 2.75) is 24.3 Å². The van der Waals surface area contributed by atoms with E-state index in [0.717, 1.165) is 30.6 Å². The maximum atomic E-state index is 12.7. The first kappa shape index (κ1) is 12.6. The Labute approximate surface area is 124 Å². The Morgan fingerprint density at radius 2 is 1.81 bits per heavy atom. The summed E-state index contributed by atoms with van der Waals surface area (Å²) in [4.78, 5) is 12.7. The van der Waals surface area contributed by atoms with Crippen molar-refractivity contribution < 1.29 is 4.79 Å². The Morgan fingerprint density at radius 1 is 1.05 bits per heavy atom. The third-order valence-corrected chi connectivity index (χ3v) is 4.85. The maximum Gasteiger partial charge on any atom is 0.236 e. The summed E-state index contributed by atoms with van der Waals surface area (Å²) < 4.78 is 0. The summed E-state index contributed by atoms with van der Waals surface area (Å²) in [6, 6.07) is 18.7. The molecule has 0 saturated carbocycles. The molecule has 106 valence electrons. The Hall–Kier alpha value is -2.13. The average molecular weight is 278 g/mol. The van der Waals surface area contributed by atoms with Crippen LogP contribution in [0.25, 0.3) is 0 Å². The summed E-state index contributed by atoms with van der Waals surface area (Å²) in [5.41, 5.74) is 2.99. The van der Waals surface area contributed by atoms with Crippen molar-refractivity contribution >= 4 is 11.6 Å². The van der Waals surface area contributed by atoms with Crippen LogP contribution in [0.4, 0.5) is 5.69 Å². The molecule has 0 unspecified atom stereocenters. The number of hydrogen-bond donors (Lipinski definition) is 2. The van der Waals surface area contributed by atoms with Crippen molar-refractivity contribution in [3.05, 3.63) is 65.7 Å². The van der Waals surface area contributed by atoms with Gasteiger partial charge in [-0.25, -0.2) is 0 Å². The summed E-state index contributed by atoms with van der Waals surface area (Å²) in [5.74, 6) is 0.148. The zero-order valence-corrected chi connectivity index (χ0v) is 11.8. The molecular formula is C18H18N2O. The topological polar surface area (TPSA) is 41.1 Å². The van der Waals surface area contributed by atoms with Gasteiger partial charge in [-0.05, 0) is 36.6 Å². The lowest BCUT2D eigenvalue weighted by atomic mass is 9.73. The van der Waals surface area contributed by atoms with E-state index in [4.69, 9.17) is 0 Å². The lowest BCUT2D eigenvalue weighted by Crippen LogP contribution is -2.46. The van der Waals surface area contributed by atoms with E-state index < -0.39 is 5.41 Å². The van der Waals surface area contributed by atoms with Gasteiger partial charge < -0.3 is 10.6 Å². The van der Waals surface area contributed by atoms with Crippen LogP contribution in [0.1, 0.15) is 17.5 Å². The van der Waals surface area contributed by atoms with Crippen LogP contribution < -0.4 is 10.6 Å². The maximum absolute atomic E-state index is 12.7. The summed E-state index contributed by atoms with van der Waals surface area (Å²) >= 11 is 0. The van der Waals surface area contributed by atoms with E-state index in [1.165, 1.54) is 5.56 Å². The standard InChI is InChI=1S/C18H18N2O/c21-17-18(14-8-4-5-9-15(14)20-17)10-11-19-16(18)12-13-6-2-1-3-7-13/h1-9,16,19H,10-12H2,(H,20,21)/t16-,18-/m0/s1. The van der Waals surface area contributed by atoms with Crippen LogP contribution in [0.5, 0.6) is 0 Å². The van der Waals surface area contributed by atoms with Crippen molar-refractivity contribution in [1.29, 1.82) is 0 Å². The number of hydrogen-bond acceptors (Lipinski definition) is 2. The fourth-order valence-corrected chi connectivity index (χ4v) is 3.82. The van der Waals surface area contributed by atoms with Gasteiger partial charge in [0.05, 0.1) is 5.41 Å². The third-order valence-electron chi connectivity index (χ3n) is 4.85. The number of fused-ring (bicyclic) bond motifs is 2. The monoisotopic (exact) mass is 278 g/mol. The Bertz CT molecular complexity index is 683. The SMILES string of the molecule is O=C1Nc2ccccc2[C@]12CCN[C@H]2Cc1ccccc1. The van der Waals surface area contributed by atoms with Gasteiger partial charge in [-0.1, -0.05) is 48.5 Å². The molecule has 2 heterocycles. The first-order chi connectivity index (χ1) is 10.3. The highest BCUT2D eigenvalue weighted by Gasteiger charge is 2.54. The Balaban J connectivity index is 1.74. The van der Waals surface area contributed by atoms with E-state index in [-0.39, 0.29) is 11.9 Å². The number of rotatable bonds is 2. The van der Waals surface area contributed by atoms with Crippen LogP contribution >= 0.6 is 0 Å². The fourth-order valence-electron chi connectivity index (χ4n) is 3.82. The van der Waals surface area contributed by atoms with E-state index in [2.05, 4.69) is 41.0 Å². The number of carbonyl (C=O) groups excluding carboxylic acids is 1. The molecule has 21 heavy (non-hydrogen) atoms. The predicted octanol–water partition coefficient (Wildman–Crippen LogP) is 2.48. The number of anilines is 1. The van der Waals surface area contributed by atoms with E-state index in [9.17, 15) is 4.79 Å². The van der Waals surface area contributed by atoms with E-state index >= 15 is 0 Å². The smallest absolute Gasteiger partial charge is 0.236 e. The molecule has 2 aliphatic heterocycles. The number of nitrogens with one attached hydrogen (secondary N) is 2. The van der Waals surface area contributed by atoms with Crippen LogP contribution in [-0.2, 0) is 16.6 Å². The molecule has 2 aromatic carbocycles. The molecule has 1 fully saturated rings. The molecule has 1 spiro atoms. The molecule has 2 N–H and O–H groups in total. The van der Waals surface area contributed by atoms with Gasteiger partial charge in [0.25, 0.3) is 0 Å². The zero-order valence-electron chi connectivity index (χ0n) is 11.8. The van der Waals surface area contributed by atoms with Crippen molar-refractivity contribution in [2.24, 2.45) is 0 Å². The molecule has 2 atom stereocenters. The van der Waals surface area contributed by atoms with Gasteiger partial charge in [-0.3, -0.25) is 4.79 Å². The van der Waals surface area contributed by atoms with Gasteiger partial charge in [-0.15, -0.1) is 0 Å². The predicted molar refractivity (Wildman–Crippen MR) is 83.3 cm³/mol. The molecule has 3 nitrogen and oxygen atoms in total. The quantitative estimate of drug-likeness (QED) is 0.886. The van der Waals surface area contributed by atoms with Crippen molar-refractivity contribution in [3.8, 4) is 0 Å². The summed E-state index contributed by atoms with van der Waals surface area (Å²) in [6.45, 7) is 0.888. The molecule has 2 aliphatic rings. The van der Waals surface area contributed by atoms with Gasteiger partial charge >= 0.3 is 0 Å². The molecule has 2 aromatic rings. The molecule has 1 amide bonds. The summed E-state index contributed by atoms with van der Waals surface area (Å²) in [7, 11) is 0. The first-order valence-electron chi connectivity index (χ1n) is 7.49. The van der Waals surface area contributed by atoms with Crippen LogP contribution in [0.15, 0.2) is 54.6 Å². The highest BCUT2D eigenvalue weighted by atomic mass is 16.2. The van der Waals surface area contributed by atoms with E-state index in [0.29, 0.717) is 0 Å². The lowest BCUT2D eigenvalue weighted by Gasteiger charge is -2.29. The minimum Gasteiger partial charge on any atom is -0.325 e. The second-order valence-electron chi connectivity index (χ2n) is 5.92.